The number of benzene rings is 1. The Kier molecular flexibility index (Phi) is 5.25. The number of rotatable bonds is 4. The van der Waals surface area contributed by atoms with E-state index >= 15 is 0 Å². The van der Waals surface area contributed by atoms with E-state index in [1.54, 1.807) is 12.3 Å². The van der Waals surface area contributed by atoms with Gasteiger partial charge in [-0.15, -0.1) is 0 Å². The fourth-order valence-electron chi connectivity index (χ4n) is 3.82. The smallest absolute Gasteiger partial charge is 0.211 e. The SMILES string of the molecule is Nc1nc(NC2CCCN(c3nc(-c4ccc(Cl)cc4Cl)cc4nccn34)C2)sc1N. The third kappa shape index (κ3) is 3.96. The lowest BCUT2D eigenvalue weighted by molar-refractivity contribution is 0.521. The summed E-state index contributed by atoms with van der Waals surface area (Å²) in [6.45, 7) is 1.65. The van der Waals surface area contributed by atoms with Crippen molar-refractivity contribution in [2.75, 3.05) is 34.8 Å². The van der Waals surface area contributed by atoms with Crippen LogP contribution in [0.2, 0.25) is 10.0 Å². The average molecular weight is 475 g/mol. The van der Waals surface area contributed by atoms with Gasteiger partial charge in [0, 0.05) is 48.2 Å². The van der Waals surface area contributed by atoms with Gasteiger partial charge in [0.1, 0.15) is 10.6 Å². The molecule has 1 fully saturated rings. The third-order valence-corrected chi connectivity index (χ3v) is 6.67. The van der Waals surface area contributed by atoms with Crippen molar-refractivity contribution in [3.63, 3.8) is 0 Å². The minimum Gasteiger partial charge on any atom is -0.387 e. The lowest BCUT2D eigenvalue weighted by Crippen LogP contribution is -2.43. The molecule has 0 aliphatic carbocycles. The van der Waals surface area contributed by atoms with Crippen LogP contribution in [0, 0.1) is 0 Å². The lowest BCUT2D eigenvalue weighted by atomic mass is 10.1. The van der Waals surface area contributed by atoms with Crippen molar-refractivity contribution in [3.05, 3.63) is 46.7 Å². The number of hydrogen-bond acceptors (Lipinski definition) is 8. The minimum atomic E-state index is 0.196. The summed E-state index contributed by atoms with van der Waals surface area (Å²) in [5, 5.41) is 5.88. The van der Waals surface area contributed by atoms with E-state index in [1.807, 2.05) is 28.8 Å². The van der Waals surface area contributed by atoms with E-state index in [4.69, 9.17) is 39.7 Å². The number of fused-ring (bicyclic) bond motifs is 1. The van der Waals surface area contributed by atoms with E-state index in [0.717, 1.165) is 53.9 Å². The van der Waals surface area contributed by atoms with Crippen LogP contribution in [0.5, 0.6) is 0 Å². The molecule has 8 nitrogen and oxygen atoms in total. The quantitative estimate of drug-likeness (QED) is 0.401. The molecular weight excluding hydrogens is 455 g/mol. The molecule has 1 saturated heterocycles. The zero-order valence-electron chi connectivity index (χ0n) is 16.4. The molecular formula is C20H20Cl2N8S. The predicted octanol–water partition coefficient (Wildman–Crippen LogP) is 4.40. The number of halogens is 2. The summed E-state index contributed by atoms with van der Waals surface area (Å²) in [5.41, 5.74) is 14.0. The van der Waals surface area contributed by atoms with Crippen LogP contribution in [0.3, 0.4) is 0 Å². The zero-order valence-corrected chi connectivity index (χ0v) is 18.8. The Morgan fingerprint density at radius 3 is 2.81 bits per heavy atom. The Hall–Kier alpha value is -2.75. The fourth-order valence-corrected chi connectivity index (χ4v) is 5.06. The first-order chi connectivity index (χ1) is 15.0. The summed E-state index contributed by atoms with van der Waals surface area (Å²) < 4.78 is 2.00. The number of nitrogens with one attached hydrogen (secondary N) is 1. The van der Waals surface area contributed by atoms with E-state index in [2.05, 4.69) is 20.2 Å². The highest BCUT2D eigenvalue weighted by atomic mass is 35.5. The van der Waals surface area contributed by atoms with Crippen molar-refractivity contribution in [3.8, 4) is 11.3 Å². The number of nitrogens with two attached hydrogens (primary N) is 2. The second-order valence-electron chi connectivity index (χ2n) is 7.42. The molecule has 5 N–H and O–H groups in total. The van der Waals surface area contributed by atoms with Crippen LogP contribution in [0.15, 0.2) is 36.7 Å². The fraction of sp³-hybridized carbons (Fsp3) is 0.250. The number of anilines is 4. The molecule has 0 bridgehead atoms. The second-order valence-corrected chi connectivity index (χ2v) is 9.29. The Morgan fingerprint density at radius 2 is 2.03 bits per heavy atom. The number of nitrogens with zero attached hydrogens (tertiary/aromatic N) is 5. The maximum absolute atomic E-state index is 6.45. The first-order valence-electron chi connectivity index (χ1n) is 9.81. The lowest BCUT2D eigenvalue weighted by Gasteiger charge is -2.34. The summed E-state index contributed by atoms with van der Waals surface area (Å²) in [6, 6.07) is 7.54. The normalized spacial score (nSPS) is 16.7. The van der Waals surface area contributed by atoms with Crippen LogP contribution < -0.4 is 21.7 Å². The van der Waals surface area contributed by atoms with Crippen LogP contribution in [0.25, 0.3) is 16.9 Å². The van der Waals surface area contributed by atoms with Crippen LogP contribution in [0.1, 0.15) is 12.8 Å². The molecule has 0 saturated carbocycles. The molecule has 0 radical (unpaired) electrons. The van der Waals surface area contributed by atoms with Gasteiger partial charge in [0.2, 0.25) is 5.95 Å². The van der Waals surface area contributed by atoms with Crippen molar-refractivity contribution in [1.29, 1.82) is 0 Å². The van der Waals surface area contributed by atoms with Gasteiger partial charge < -0.3 is 21.7 Å². The Balaban J connectivity index is 1.48. The van der Waals surface area contributed by atoms with Gasteiger partial charge in [0.25, 0.3) is 0 Å². The van der Waals surface area contributed by atoms with Gasteiger partial charge in [-0.25, -0.2) is 15.0 Å². The summed E-state index contributed by atoms with van der Waals surface area (Å²) in [6.07, 6.45) is 5.72. The van der Waals surface area contributed by atoms with E-state index < -0.39 is 0 Å². The predicted molar refractivity (Wildman–Crippen MR) is 128 cm³/mol. The van der Waals surface area contributed by atoms with Crippen LogP contribution in [-0.4, -0.2) is 38.5 Å². The van der Waals surface area contributed by atoms with E-state index in [0.29, 0.717) is 20.9 Å². The highest BCUT2D eigenvalue weighted by Crippen LogP contribution is 2.33. The van der Waals surface area contributed by atoms with Crippen molar-refractivity contribution < 1.29 is 0 Å². The van der Waals surface area contributed by atoms with E-state index in [9.17, 15) is 0 Å². The average Bonchev–Trinajstić information content (AvgIpc) is 3.33. The van der Waals surface area contributed by atoms with Crippen molar-refractivity contribution in [2.24, 2.45) is 0 Å². The van der Waals surface area contributed by atoms with Crippen molar-refractivity contribution >= 4 is 62.1 Å². The number of nitrogen functional groups attached to an aromatic ring is 2. The number of hydrogen-bond donors (Lipinski definition) is 3. The first kappa shape index (κ1) is 20.2. The molecule has 1 unspecified atom stereocenters. The van der Waals surface area contributed by atoms with Crippen LogP contribution in [-0.2, 0) is 0 Å². The Morgan fingerprint density at radius 1 is 1.16 bits per heavy atom. The number of imidazole rings is 1. The molecule has 4 aromatic rings. The van der Waals surface area contributed by atoms with Crippen LogP contribution in [0.4, 0.5) is 21.9 Å². The monoisotopic (exact) mass is 474 g/mol. The zero-order chi connectivity index (χ0) is 21.5. The Bertz CT molecular complexity index is 1230. The molecule has 0 amide bonds. The number of piperidine rings is 1. The highest BCUT2D eigenvalue weighted by molar-refractivity contribution is 7.19. The van der Waals surface area contributed by atoms with Crippen molar-refractivity contribution in [2.45, 2.75) is 18.9 Å². The van der Waals surface area contributed by atoms with E-state index in [-0.39, 0.29) is 6.04 Å². The maximum atomic E-state index is 6.45. The summed E-state index contributed by atoms with van der Waals surface area (Å²) in [7, 11) is 0. The summed E-state index contributed by atoms with van der Waals surface area (Å²) in [4.78, 5) is 16.0. The summed E-state index contributed by atoms with van der Waals surface area (Å²) >= 11 is 13.9. The van der Waals surface area contributed by atoms with Gasteiger partial charge in [0.15, 0.2) is 10.9 Å². The molecule has 4 heterocycles. The molecule has 5 rings (SSSR count). The van der Waals surface area contributed by atoms with E-state index in [1.165, 1.54) is 11.3 Å². The van der Waals surface area contributed by atoms with Gasteiger partial charge in [-0.05, 0) is 31.0 Å². The maximum Gasteiger partial charge on any atom is 0.211 e. The molecule has 1 atom stereocenters. The second kappa shape index (κ2) is 8.07. The van der Waals surface area contributed by atoms with Gasteiger partial charge >= 0.3 is 0 Å². The molecule has 3 aromatic heterocycles. The molecule has 1 aliphatic heterocycles. The summed E-state index contributed by atoms with van der Waals surface area (Å²) in [5.74, 6) is 1.19. The Labute approximate surface area is 192 Å². The first-order valence-corrected chi connectivity index (χ1v) is 11.4. The standard InChI is InChI=1S/C20H20Cl2N8S/c21-11-3-4-13(14(22)8-11)15-9-16-25-5-7-30(16)20(27-15)29-6-1-2-12(10-29)26-19-28-17(23)18(24)31-19/h3-5,7-9,12H,1-2,6,10,23-24H2,(H,26,28). The molecule has 0 spiro atoms. The largest absolute Gasteiger partial charge is 0.387 e. The topological polar surface area (TPSA) is 110 Å². The molecule has 11 heteroatoms. The van der Waals surface area contributed by atoms with Crippen molar-refractivity contribution in [1.82, 2.24) is 19.4 Å². The van der Waals surface area contributed by atoms with Gasteiger partial charge in [-0.2, -0.15) is 0 Å². The number of aromatic nitrogens is 4. The van der Waals surface area contributed by atoms with Gasteiger partial charge in [0.05, 0.1) is 10.7 Å². The molecule has 31 heavy (non-hydrogen) atoms. The third-order valence-electron chi connectivity index (χ3n) is 5.29. The molecule has 1 aromatic carbocycles. The minimum absolute atomic E-state index is 0.196. The van der Waals surface area contributed by atoms with Gasteiger partial charge in [-0.3, -0.25) is 4.40 Å². The highest BCUT2D eigenvalue weighted by Gasteiger charge is 2.24. The molecule has 1 aliphatic rings. The van der Waals surface area contributed by atoms with Crippen LogP contribution >= 0.6 is 34.5 Å². The van der Waals surface area contributed by atoms with Gasteiger partial charge in [-0.1, -0.05) is 34.5 Å². The molecule has 160 valence electrons. The number of thiazole rings is 1.